The molecule has 1 heterocycles. The monoisotopic (exact) mass is 259 g/mol. The molecule has 2 aromatic rings. The summed E-state index contributed by atoms with van der Waals surface area (Å²) in [6.07, 6.45) is 2.55. The Bertz CT molecular complexity index is 495. The minimum Gasteiger partial charge on any atom is -0.396 e. The van der Waals surface area contributed by atoms with E-state index in [1.165, 1.54) is 11.1 Å². The van der Waals surface area contributed by atoms with Gasteiger partial charge in [-0.25, -0.2) is 0 Å². The second kappa shape index (κ2) is 6.50. The van der Waals surface area contributed by atoms with E-state index in [-0.39, 0.29) is 18.7 Å². The number of benzene rings is 1. The molecule has 4 heteroatoms. The van der Waals surface area contributed by atoms with Crippen molar-refractivity contribution in [3.8, 4) is 0 Å². The highest BCUT2D eigenvalue weighted by molar-refractivity contribution is 5.22. The van der Waals surface area contributed by atoms with Gasteiger partial charge < -0.3 is 10.4 Å². The van der Waals surface area contributed by atoms with Gasteiger partial charge in [0.25, 0.3) is 0 Å². The third kappa shape index (κ3) is 3.43. The van der Waals surface area contributed by atoms with E-state index in [1.54, 1.807) is 0 Å². The molecule has 2 atom stereocenters. The van der Waals surface area contributed by atoms with Crippen molar-refractivity contribution in [3.63, 3.8) is 0 Å². The second-order valence-corrected chi connectivity index (χ2v) is 4.81. The van der Waals surface area contributed by atoms with E-state index in [1.807, 2.05) is 31.3 Å². The fourth-order valence-corrected chi connectivity index (χ4v) is 2.35. The smallest absolute Gasteiger partial charge is 0.0537 e. The number of nitrogens with zero attached hydrogens (tertiary/aromatic N) is 1. The van der Waals surface area contributed by atoms with Gasteiger partial charge in [-0.05, 0) is 25.8 Å². The standard InChI is InChI=1S/C15H21N3O/c1-11(14-10-16-18-12(14)2)17-15(8-9-19)13-6-4-3-5-7-13/h3-7,10-11,15,17,19H,8-9H2,1-2H3,(H,16,18)/t11?,15-/m1/s1. The summed E-state index contributed by atoms with van der Waals surface area (Å²) in [5.41, 5.74) is 3.44. The molecule has 1 aromatic carbocycles. The molecule has 0 aliphatic heterocycles. The molecule has 3 N–H and O–H groups in total. The van der Waals surface area contributed by atoms with Crippen molar-refractivity contribution in [2.75, 3.05) is 6.61 Å². The summed E-state index contributed by atoms with van der Waals surface area (Å²) in [7, 11) is 0. The first-order valence-electron chi connectivity index (χ1n) is 6.64. The predicted octanol–water partition coefficient (Wildman–Crippen LogP) is 2.49. The largest absolute Gasteiger partial charge is 0.396 e. The average molecular weight is 259 g/mol. The third-order valence-electron chi connectivity index (χ3n) is 3.41. The van der Waals surface area contributed by atoms with Crippen LogP contribution in [0, 0.1) is 6.92 Å². The van der Waals surface area contributed by atoms with Crippen molar-refractivity contribution in [3.05, 3.63) is 53.3 Å². The Balaban J connectivity index is 2.11. The van der Waals surface area contributed by atoms with Crippen molar-refractivity contribution in [1.29, 1.82) is 0 Å². The van der Waals surface area contributed by atoms with Gasteiger partial charge >= 0.3 is 0 Å². The van der Waals surface area contributed by atoms with Crippen LogP contribution in [0.15, 0.2) is 36.5 Å². The first kappa shape index (κ1) is 13.8. The number of aryl methyl sites for hydroxylation is 1. The first-order valence-corrected chi connectivity index (χ1v) is 6.64. The van der Waals surface area contributed by atoms with E-state index in [9.17, 15) is 5.11 Å². The number of hydrogen-bond acceptors (Lipinski definition) is 3. The van der Waals surface area contributed by atoms with Gasteiger partial charge in [-0.1, -0.05) is 30.3 Å². The molecule has 0 saturated carbocycles. The van der Waals surface area contributed by atoms with Crippen molar-refractivity contribution in [2.24, 2.45) is 0 Å². The average Bonchev–Trinajstić information content (AvgIpc) is 2.85. The Hall–Kier alpha value is -1.65. The fourth-order valence-electron chi connectivity index (χ4n) is 2.35. The quantitative estimate of drug-likeness (QED) is 0.747. The van der Waals surface area contributed by atoms with E-state index in [0.717, 1.165) is 5.69 Å². The molecule has 0 amide bonds. The maximum Gasteiger partial charge on any atom is 0.0537 e. The molecule has 2 rings (SSSR count). The third-order valence-corrected chi connectivity index (χ3v) is 3.41. The number of nitrogens with one attached hydrogen (secondary N) is 2. The molecule has 102 valence electrons. The van der Waals surface area contributed by atoms with E-state index >= 15 is 0 Å². The van der Waals surface area contributed by atoms with Crippen molar-refractivity contribution in [2.45, 2.75) is 32.4 Å². The van der Waals surface area contributed by atoms with E-state index in [4.69, 9.17) is 0 Å². The van der Waals surface area contributed by atoms with Gasteiger partial charge in [-0.3, -0.25) is 5.10 Å². The van der Waals surface area contributed by atoms with Crippen LogP contribution in [-0.4, -0.2) is 21.9 Å². The normalized spacial score (nSPS) is 14.3. The van der Waals surface area contributed by atoms with E-state index < -0.39 is 0 Å². The summed E-state index contributed by atoms with van der Waals surface area (Å²) in [4.78, 5) is 0. The summed E-state index contributed by atoms with van der Waals surface area (Å²) < 4.78 is 0. The molecule has 0 aliphatic carbocycles. The molecular formula is C15H21N3O. The van der Waals surface area contributed by atoms with Crippen LogP contribution in [-0.2, 0) is 0 Å². The zero-order valence-corrected chi connectivity index (χ0v) is 11.4. The lowest BCUT2D eigenvalue weighted by Gasteiger charge is -2.23. The number of aromatic nitrogens is 2. The number of hydrogen-bond donors (Lipinski definition) is 3. The molecule has 0 spiro atoms. The Morgan fingerprint density at radius 2 is 2.05 bits per heavy atom. The number of aliphatic hydroxyl groups is 1. The molecular weight excluding hydrogens is 238 g/mol. The Kier molecular flexibility index (Phi) is 4.71. The second-order valence-electron chi connectivity index (χ2n) is 4.81. The van der Waals surface area contributed by atoms with Crippen LogP contribution >= 0.6 is 0 Å². The topological polar surface area (TPSA) is 60.9 Å². The van der Waals surface area contributed by atoms with Crippen LogP contribution in [0.3, 0.4) is 0 Å². The van der Waals surface area contributed by atoms with Gasteiger partial charge in [0.1, 0.15) is 0 Å². The molecule has 0 aliphatic rings. The molecule has 1 unspecified atom stereocenters. The molecule has 0 fully saturated rings. The SMILES string of the molecule is Cc1[nH]ncc1C(C)N[C@H](CCO)c1ccccc1. The number of aliphatic hydroxyl groups excluding tert-OH is 1. The summed E-state index contributed by atoms with van der Waals surface area (Å²) in [6, 6.07) is 10.6. The number of rotatable bonds is 6. The molecule has 0 bridgehead atoms. The van der Waals surface area contributed by atoms with Gasteiger partial charge in [-0.15, -0.1) is 0 Å². The summed E-state index contributed by atoms with van der Waals surface area (Å²) >= 11 is 0. The van der Waals surface area contributed by atoms with Gasteiger partial charge in [0.2, 0.25) is 0 Å². The van der Waals surface area contributed by atoms with Crippen LogP contribution in [0.2, 0.25) is 0 Å². The van der Waals surface area contributed by atoms with E-state index in [2.05, 4.69) is 34.6 Å². The lowest BCUT2D eigenvalue weighted by molar-refractivity contribution is 0.260. The van der Waals surface area contributed by atoms with E-state index in [0.29, 0.717) is 6.42 Å². The maximum absolute atomic E-state index is 9.24. The van der Waals surface area contributed by atoms with Crippen LogP contribution in [0.25, 0.3) is 0 Å². The van der Waals surface area contributed by atoms with Gasteiger partial charge in [0, 0.05) is 29.9 Å². The minimum absolute atomic E-state index is 0.149. The summed E-state index contributed by atoms with van der Waals surface area (Å²) in [6.45, 7) is 4.30. The highest BCUT2D eigenvalue weighted by Gasteiger charge is 2.16. The zero-order valence-electron chi connectivity index (χ0n) is 11.4. The van der Waals surface area contributed by atoms with Crippen LogP contribution in [0.1, 0.15) is 42.2 Å². The van der Waals surface area contributed by atoms with Crippen molar-refractivity contribution in [1.82, 2.24) is 15.5 Å². The molecule has 0 saturated heterocycles. The maximum atomic E-state index is 9.24. The lowest BCUT2D eigenvalue weighted by atomic mass is 10.0. The van der Waals surface area contributed by atoms with Crippen LogP contribution in [0.4, 0.5) is 0 Å². The summed E-state index contributed by atoms with van der Waals surface area (Å²) in [5.74, 6) is 0. The van der Waals surface area contributed by atoms with Crippen molar-refractivity contribution < 1.29 is 5.11 Å². The molecule has 19 heavy (non-hydrogen) atoms. The highest BCUT2D eigenvalue weighted by Crippen LogP contribution is 2.22. The molecule has 0 radical (unpaired) electrons. The first-order chi connectivity index (χ1) is 9.22. The number of aromatic amines is 1. The van der Waals surface area contributed by atoms with Crippen LogP contribution in [0.5, 0.6) is 0 Å². The Labute approximate surface area is 113 Å². The van der Waals surface area contributed by atoms with Crippen LogP contribution < -0.4 is 5.32 Å². The zero-order chi connectivity index (χ0) is 13.7. The van der Waals surface area contributed by atoms with Gasteiger partial charge in [-0.2, -0.15) is 5.10 Å². The Morgan fingerprint density at radius 3 is 2.63 bits per heavy atom. The lowest BCUT2D eigenvalue weighted by Crippen LogP contribution is -2.25. The highest BCUT2D eigenvalue weighted by atomic mass is 16.3. The predicted molar refractivity (Wildman–Crippen MR) is 75.8 cm³/mol. The molecule has 4 nitrogen and oxygen atoms in total. The Morgan fingerprint density at radius 1 is 1.32 bits per heavy atom. The number of H-pyrrole nitrogens is 1. The minimum atomic E-state index is 0.149. The van der Waals surface area contributed by atoms with Crippen molar-refractivity contribution >= 4 is 0 Å². The molecule has 1 aromatic heterocycles. The van der Waals surface area contributed by atoms with Gasteiger partial charge in [0.15, 0.2) is 0 Å². The fraction of sp³-hybridized carbons (Fsp3) is 0.400. The van der Waals surface area contributed by atoms with Gasteiger partial charge in [0.05, 0.1) is 6.20 Å². The summed E-state index contributed by atoms with van der Waals surface area (Å²) in [5, 5.41) is 19.8.